The van der Waals surface area contributed by atoms with Gasteiger partial charge in [0, 0.05) is 18.2 Å². The first-order valence-corrected chi connectivity index (χ1v) is 10.0. The number of nitro groups is 1. The van der Waals surface area contributed by atoms with E-state index < -0.39 is 16.3 Å². The lowest BCUT2D eigenvalue weighted by molar-refractivity contribution is -0.384. The van der Waals surface area contributed by atoms with E-state index in [9.17, 15) is 19.7 Å². The van der Waals surface area contributed by atoms with E-state index in [1.54, 1.807) is 37.3 Å². The molecular formula is C24H16ClNO6. The first kappa shape index (κ1) is 21.3. The second-order valence-electron chi connectivity index (χ2n) is 7.10. The number of carbonyl (C=O) groups excluding carboxylic acids is 2. The highest BCUT2D eigenvalue weighted by Crippen LogP contribution is 2.38. The van der Waals surface area contributed by atoms with Crippen LogP contribution < -0.4 is 9.47 Å². The van der Waals surface area contributed by atoms with Gasteiger partial charge in [0.15, 0.2) is 11.1 Å². The van der Waals surface area contributed by atoms with E-state index in [1.165, 1.54) is 36.4 Å². The van der Waals surface area contributed by atoms with Crippen LogP contribution in [0.2, 0.25) is 0 Å². The number of allylic oxidation sites excluding steroid dienone is 1. The number of hydrogen-bond donors (Lipinski definition) is 0. The number of esters is 1. The number of non-ortho nitro benzene ring substituents is 1. The SMILES string of the molecule is Cc1cc(OC(=O)C(Cl)c2ccccc2)cc2c1C(=O)/C(=C/c1ccc([N+](=O)[O-])cc1)O2. The normalized spacial score (nSPS) is 14.6. The Hall–Kier alpha value is -3.97. The molecule has 1 aliphatic rings. The van der Waals surface area contributed by atoms with Gasteiger partial charge in [-0.3, -0.25) is 14.9 Å². The van der Waals surface area contributed by atoms with Crippen molar-refractivity contribution in [3.63, 3.8) is 0 Å². The third-order valence-electron chi connectivity index (χ3n) is 4.86. The molecule has 0 amide bonds. The van der Waals surface area contributed by atoms with E-state index in [1.807, 2.05) is 6.07 Å². The van der Waals surface area contributed by atoms with Crippen molar-refractivity contribution < 1.29 is 24.0 Å². The number of halogens is 1. The van der Waals surface area contributed by atoms with Crippen molar-refractivity contribution in [1.82, 2.24) is 0 Å². The molecule has 3 aromatic rings. The van der Waals surface area contributed by atoms with E-state index >= 15 is 0 Å². The molecule has 1 unspecified atom stereocenters. The second-order valence-corrected chi connectivity index (χ2v) is 7.53. The van der Waals surface area contributed by atoms with Gasteiger partial charge < -0.3 is 9.47 Å². The third kappa shape index (κ3) is 4.24. The lowest BCUT2D eigenvalue weighted by Gasteiger charge is -2.11. The van der Waals surface area contributed by atoms with Crippen LogP contribution in [0.25, 0.3) is 6.08 Å². The Bertz CT molecular complexity index is 1250. The number of carbonyl (C=O) groups is 2. The van der Waals surface area contributed by atoms with Crippen molar-refractivity contribution in [3.05, 3.63) is 105 Å². The molecule has 0 saturated carbocycles. The summed E-state index contributed by atoms with van der Waals surface area (Å²) in [6.45, 7) is 1.71. The third-order valence-corrected chi connectivity index (χ3v) is 5.29. The van der Waals surface area contributed by atoms with Crippen LogP contribution in [0.4, 0.5) is 5.69 Å². The van der Waals surface area contributed by atoms with Crippen LogP contribution >= 0.6 is 11.6 Å². The van der Waals surface area contributed by atoms with Crippen LogP contribution in [-0.2, 0) is 4.79 Å². The summed E-state index contributed by atoms with van der Waals surface area (Å²) in [6.07, 6.45) is 1.50. The molecule has 0 aliphatic carbocycles. The molecule has 4 rings (SSSR count). The minimum absolute atomic E-state index is 0.0514. The highest BCUT2D eigenvalue weighted by molar-refractivity contribution is 6.30. The Balaban J connectivity index is 1.55. The molecule has 0 aromatic heterocycles. The van der Waals surface area contributed by atoms with Crippen molar-refractivity contribution in [3.8, 4) is 11.5 Å². The van der Waals surface area contributed by atoms with Gasteiger partial charge in [-0.05, 0) is 47.9 Å². The molecule has 0 bridgehead atoms. The number of rotatable bonds is 5. The van der Waals surface area contributed by atoms with Crippen molar-refractivity contribution in [2.45, 2.75) is 12.3 Å². The highest BCUT2D eigenvalue weighted by atomic mass is 35.5. The Morgan fingerprint density at radius 1 is 1.12 bits per heavy atom. The number of aryl methyl sites for hydroxylation is 1. The van der Waals surface area contributed by atoms with Gasteiger partial charge in [-0.1, -0.05) is 30.3 Å². The number of nitrogens with zero attached hydrogens (tertiary/aromatic N) is 1. The van der Waals surface area contributed by atoms with Crippen LogP contribution in [0.1, 0.15) is 32.4 Å². The summed E-state index contributed by atoms with van der Waals surface area (Å²) in [5.41, 5.74) is 2.07. The molecule has 1 aliphatic heterocycles. The molecule has 0 fully saturated rings. The number of nitro benzene ring substituents is 1. The molecular weight excluding hydrogens is 434 g/mol. The Morgan fingerprint density at radius 2 is 1.81 bits per heavy atom. The van der Waals surface area contributed by atoms with E-state index in [0.29, 0.717) is 22.3 Å². The van der Waals surface area contributed by atoms with Crippen LogP contribution in [0, 0.1) is 17.0 Å². The highest BCUT2D eigenvalue weighted by Gasteiger charge is 2.31. The molecule has 0 radical (unpaired) electrons. The fourth-order valence-corrected chi connectivity index (χ4v) is 3.50. The van der Waals surface area contributed by atoms with Gasteiger partial charge in [-0.15, -0.1) is 11.6 Å². The summed E-state index contributed by atoms with van der Waals surface area (Å²) < 4.78 is 11.1. The predicted octanol–water partition coefficient (Wildman–Crippen LogP) is 5.40. The molecule has 32 heavy (non-hydrogen) atoms. The largest absolute Gasteiger partial charge is 0.452 e. The number of fused-ring (bicyclic) bond motifs is 1. The quantitative estimate of drug-likeness (QED) is 0.129. The molecule has 1 atom stereocenters. The van der Waals surface area contributed by atoms with Crippen molar-refractivity contribution >= 4 is 35.1 Å². The molecule has 8 heteroatoms. The molecule has 7 nitrogen and oxygen atoms in total. The van der Waals surface area contributed by atoms with Crippen LogP contribution in [0.3, 0.4) is 0 Å². The Kier molecular flexibility index (Phi) is 5.75. The summed E-state index contributed by atoms with van der Waals surface area (Å²) in [4.78, 5) is 35.5. The maximum absolute atomic E-state index is 12.8. The summed E-state index contributed by atoms with van der Waals surface area (Å²) in [7, 11) is 0. The van der Waals surface area contributed by atoms with Crippen LogP contribution in [-0.4, -0.2) is 16.7 Å². The van der Waals surface area contributed by atoms with Gasteiger partial charge in [0.05, 0.1) is 10.5 Å². The van der Waals surface area contributed by atoms with Crippen LogP contribution in [0.5, 0.6) is 11.5 Å². The zero-order valence-electron chi connectivity index (χ0n) is 16.8. The van der Waals surface area contributed by atoms with Crippen molar-refractivity contribution in [1.29, 1.82) is 0 Å². The fourth-order valence-electron chi connectivity index (χ4n) is 3.31. The number of benzene rings is 3. The standard InChI is InChI=1S/C24H16ClNO6/c1-14-11-18(31-24(28)22(25)16-5-3-2-4-6-16)13-19-21(14)23(27)20(32-19)12-15-7-9-17(10-8-15)26(29)30/h2-13,22H,1H3/b20-12-. The van der Waals surface area contributed by atoms with Crippen molar-refractivity contribution in [2.75, 3.05) is 0 Å². The van der Waals surface area contributed by atoms with Gasteiger partial charge in [0.1, 0.15) is 11.5 Å². The minimum Gasteiger partial charge on any atom is -0.452 e. The first-order chi connectivity index (χ1) is 15.3. The predicted molar refractivity (Wildman–Crippen MR) is 118 cm³/mol. The lowest BCUT2D eigenvalue weighted by atomic mass is 10.0. The number of ketones is 1. The first-order valence-electron chi connectivity index (χ1n) is 9.57. The van der Waals surface area contributed by atoms with E-state index in [0.717, 1.165) is 0 Å². The lowest BCUT2D eigenvalue weighted by Crippen LogP contribution is -2.14. The smallest absolute Gasteiger partial charge is 0.334 e. The summed E-state index contributed by atoms with van der Waals surface area (Å²) in [6, 6.07) is 17.6. The van der Waals surface area contributed by atoms with E-state index in [2.05, 4.69) is 0 Å². The molecule has 3 aromatic carbocycles. The molecule has 0 spiro atoms. The molecule has 0 N–H and O–H groups in total. The number of ether oxygens (including phenoxy) is 2. The zero-order chi connectivity index (χ0) is 22.8. The minimum atomic E-state index is -0.982. The summed E-state index contributed by atoms with van der Waals surface area (Å²) in [5, 5.41) is 9.81. The van der Waals surface area contributed by atoms with Gasteiger partial charge in [0.2, 0.25) is 5.78 Å². The molecule has 0 saturated heterocycles. The second kappa shape index (κ2) is 8.64. The van der Waals surface area contributed by atoms with Gasteiger partial charge in [0.25, 0.3) is 5.69 Å². The van der Waals surface area contributed by atoms with Gasteiger partial charge >= 0.3 is 5.97 Å². The maximum Gasteiger partial charge on any atom is 0.334 e. The average molecular weight is 450 g/mol. The monoisotopic (exact) mass is 449 g/mol. The topological polar surface area (TPSA) is 95.7 Å². The Morgan fingerprint density at radius 3 is 2.47 bits per heavy atom. The summed E-state index contributed by atoms with van der Waals surface area (Å²) in [5.74, 6) is -0.439. The average Bonchev–Trinajstić information content (AvgIpc) is 3.09. The molecule has 1 heterocycles. The van der Waals surface area contributed by atoms with E-state index in [-0.39, 0.29) is 28.7 Å². The number of alkyl halides is 1. The summed E-state index contributed by atoms with van der Waals surface area (Å²) >= 11 is 6.22. The zero-order valence-corrected chi connectivity index (χ0v) is 17.5. The number of Topliss-reactive ketones (excluding diaryl/α,β-unsaturated/α-hetero) is 1. The number of hydrogen-bond acceptors (Lipinski definition) is 6. The maximum atomic E-state index is 12.8. The van der Waals surface area contributed by atoms with Crippen molar-refractivity contribution in [2.24, 2.45) is 0 Å². The fraction of sp³-hybridized carbons (Fsp3) is 0.0833. The molecule has 160 valence electrons. The van der Waals surface area contributed by atoms with Gasteiger partial charge in [-0.25, -0.2) is 4.79 Å². The van der Waals surface area contributed by atoms with Crippen LogP contribution in [0.15, 0.2) is 72.5 Å². The van der Waals surface area contributed by atoms with E-state index in [4.69, 9.17) is 21.1 Å². The van der Waals surface area contributed by atoms with Gasteiger partial charge in [-0.2, -0.15) is 0 Å². The Labute approximate surface area is 188 Å².